The number of H-pyrrole nitrogens is 1. The fraction of sp³-hybridized carbons (Fsp3) is 0.0769. The van der Waals surface area contributed by atoms with Gasteiger partial charge in [-0.1, -0.05) is 18.2 Å². The lowest BCUT2D eigenvalue weighted by molar-refractivity contribution is 0.419. The summed E-state index contributed by atoms with van der Waals surface area (Å²) in [6, 6.07) is 10.8. The van der Waals surface area contributed by atoms with E-state index in [0.29, 0.717) is 11.3 Å². The third-order valence-electron chi connectivity index (χ3n) is 2.79. The Morgan fingerprint density at radius 2 is 1.94 bits per heavy atom. The van der Waals surface area contributed by atoms with E-state index in [1.807, 2.05) is 24.3 Å². The summed E-state index contributed by atoms with van der Waals surface area (Å²) < 4.78 is 18.9. The molecule has 0 bridgehead atoms. The minimum absolute atomic E-state index is 0.257. The average molecular weight is 215 g/mol. The number of halogens is 1. The minimum atomic E-state index is -0.257. The molecular formula is C13H10FNO. The normalized spacial score (nSPS) is 11.1. The van der Waals surface area contributed by atoms with Crippen molar-refractivity contribution in [1.82, 2.24) is 4.98 Å². The van der Waals surface area contributed by atoms with Gasteiger partial charge in [-0.3, -0.25) is 0 Å². The Labute approximate surface area is 91.6 Å². The lowest BCUT2D eigenvalue weighted by atomic mass is 10.1. The molecule has 2 aromatic carbocycles. The molecule has 0 spiro atoms. The van der Waals surface area contributed by atoms with Crippen molar-refractivity contribution in [3.8, 4) is 5.75 Å². The molecule has 80 valence electrons. The van der Waals surface area contributed by atoms with E-state index in [1.54, 1.807) is 13.2 Å². The molecule has 0 aliphatic heterocycles. The molecular weight excluding hydrogens is 205 g/mol. The number of nitrogens with one attached hydrogen (secondary N) is 1. The standard InChI is InChI=1S/C13H10FNO/c1-16-11-7-6-9(14)13-12(11)8-4-2-3-5-10(8)15-13/h2-7,15H,1H3. The summed E-state index contributed by atoms with van der Waals surface area (Å²) in [6.45, 7) is 0. The minimum Gasteiger partial charge on any atom is -0.496 e. The zero-order valence-corrected chi connectivity index (χ0v) is 8.75. The Morgan fingerprint density at radius 3 is 2.75 bits per heavy atom. The van der Waals surface area contributed by atoms with Crippen molar-refractivity contribution in [2.24, 2.45) is 0 Å². The summed E-state index contributed by atoms with van der Waals surface area (Å²) >= 11 is 0. The SMILES string of the molecule is COc1ccc(F)c2[nH]c3ccccc3c12. The van der Waals surface area contributed by atoms with E-state index in [4.69, 9.17) is 4.74 Å². The van der Waals surface area contributed by atoms with Gasteiger partial charge < -0.3 is 9.72 Å². The van der Waals surface area contributed by atoms with Crippen LogP contribution in [0.1, 0.15) is 0 Å². The molecule has 0 atom stereocenters. The van der Waals surface area contributed by atoms with E-state index in [0.717, 1.165) is 16.3 Å². The number of aromatic nitrogens is 1. The van der Waals surface area contributed by atoms with Gasteiger partial charge >= 0.3 is 0 Å². The van der Waals surface area contributed by atoms with Gasteiger partial charge in [0.25, 0.3) is 0 Å². The zero-order valence-electron chi connectivity index (χ0n) is 8.75. The van der Waals surface area contributed by atoms with Crippen molar-refractivity contribution < 1.29 is 9.13 Å². The summed E-state index contributed by atoms with van der Waals surface area (Å²) in [7, 11) is 1.59. The summed E-state index contributed by atoms with van der Waals surface area (Å²) in [5.74, 6) is 0.431. The zero-order chi connectivity index (χ0) is 11.1. The number of hydrogen-bond donors (Lipinski definition) is 1. The van der Waals surface area contributed by atoms with Crippen LogP contribution >= 0.6 is 0 Å². The van der Waals surface area contributed by atoms with Gasteiger partial charge in [0.05, 0.1) is 18.0 Å². The number of rotatable bonds is 1. The van der Waals surface area contributed by atoms with Crippen molar-refractivity contribution in [3.05, 3.63) is 42.2 Å². The molecule has 3 aromatic rings. The van der Waals surface area contributed by atoms with Gasteiger partial charge in [0.1, 0.15) is 11.6 Å². The monoisotopic (exact) mass is 215 g/mol. The lowest BCUT2D eigenvalue weighted by Crippen LogP contribution is -1.85. The summed E-state index contributed by atoms with van der Waals surface area (Å²) in [4.78, 5) is 3.07. The van der Waals surface area contributed by atoms with Gasteiger partial charge in [0.15, 0.2) is 0 Å². The summed E-state index contributed by atoms with van der Waals surface area (Å²) in [5, 5.41) is 1.78. The van der Waals surface area contributed by atoms with Crippen molar-refractivity contribution >= 4 is 21.8 Å². The van der Waals surface area contributed by atoms with Gasteiger partial charge in [0, 0.05) is 10.9 Å². The van der Waals surface area contributed by atoms with Crippen LogP contribution in [-0.4, -0.2) is 12.1 Å². The third-order valence-corrected chi connectivity index (χ3v) is 2.79. The molecule has 16 heavy (non-hydrogen) atoms. The van der Waals surface area contributed by atoms with Crippen LogP contribution in [0.3, 0.4) is 0 Å². The van der Waals surface area contributed by atoms with Crippen LogP contribution in [-0.2, 0) is 0 Å². The Bertz CT molecular complexity index is 672. The van der Waals surface area contributed by atoms with Gasteiger partial charge in [-0.05, 0) is 18.2 Å². The molecule has 3 rings (SSSR count). The third kappa shape index (κ3) is 1.11. The highest BCUT2D eigenvalue weighted by atomic mass is 19.1. The fourth-order valence-corrected chi connectivity index (χ4v) is 2.06. The predicted molar refractivity (Wildman–Crippen MR) is 62.3 cm³/mol. The molecule has 1 heterocycles. The van der Waals surface area contributed by atoms with Gasteiger partial charge in [-0.15, -0.1) is 0 Å². The quantitative estimate of drug-likeness (QED) is 0.660. The number of benzene rings is 2. The van der Waals surface area contributed by atoms with Crippen LogP contribution in [0.15, 0.2) is 36.4 Å². The van der Waals surface area contributed by atoms with Crippen LogP contribution in [0.25, 0.3) is 21.8 Å². The van der Waals surface area contributed by atoms with Crippen molar-refractivity contribution in [2.75, 3.05) is 7.11 Å². The van der Waals surface area contributed by atoms with Gasteiger partial charge in [-0.2, -0.15) is 0 Å². The first-order chi connectivity index (χ1) is 7.81. The number of aromatic amines is 1. The van der Waals surface area contributed by atoms with E-state index in [1.165, 1.54) is 6.07 Å². The smallest absolute Gasteiger partial charge is 0.147 e. The molecule has 0 unspecified atom stereocenters. The molecule has 0 fully saturated rings. The lowest BCUT2D eigenvalue weighted by Gasteiger charge is -2.02. The first-order valence-electron chi connectivity index (χ1n) is 5.04. The van der Waals surface area contributed by atoms with Crippen molar-refractivity contribution in [3.63, 3.8) is 0 Å². The van der Waals surface area contributed by atoms with Gasteiger partial charge in [0.2, 0.25) is 0 Å². The maximum absolute atomic E-state index is 13.7. The highest BCUT2D eigenvalue weighted by Crippen LogP contribution is 2.34. The highest BCUT2D eigenvalue weighted by molar-refractivity contribution is 6.10. The number of methoxy groups -OCH3 is 1. The summed E-state index contributed by atoms with van der Waals surface area (Å²) in [6.07, 6.45) is 0. The van der Waals surface area contributed by atoms with Crippen LogP contribution in [0.4, 0.5) is 4.39 Å². The first-order valence-corrected chi connectivity index (χ1v) is 5.04. The predicted octanol–water partition coefficient (Wildman–Crippen LogP) is 3.47. The topological polar surface area (TPSA) is 25.0 Å². The maximum atomic E-state index is 13.7. The molecule has 0 saturated carbocycles. The van der Waals surface area contributed by atoms with Crippen LogP contribution < -0.4 is 4.74 Å². The van der Waals surface area contributed by atoms with E-state index in [9.17, 15) is 4.39 Å². The largest absolute Gasteiger partial charge is 0.496 e. The number of para-hydroxylation sites is 1. The van der Waals surface area contributed by atoms with E-state index in [-0.39, 0.29) is 5.82 Å². The number of fused-ring (bicyclic) bond motifs is 3. The van der Waals surface area contributed by atoms with Crippen molar-refractivity contribution in [1.29, 1.82) is 0 Å². The van der Waals surface area contributed by atoms with Crippen LogP contribution in [0, 0.1) is 5.82 Å². The highest BCUT2D eigenvalue weighted by Gasteiger charge is 2.12. The molecule has 0 saturated heterocycles. The molecule has 0 aliphatic carbocycles. The molecule has 3 heteroatoms. The first kappa shape index (κ1) is 9.21. The van der Waals surface area contributed by atoms with Gasteiger partial charge in [-0.25, -0.2) is 4.39 Å². The molecule has 1 aromatic heterocycles. The Kier molecular flexibility index (Phi) is 1.86. The molecule has 0 radical (unpaired) electrons. The number of ether oxygens (including phenoxy) is 1. The Morgan fingerprint density at radius 1 is 1.12 bits per heavy atom. The fourth-order valence-electron chi connectivity index (χ4n) is 2.06. The molecule has 2 nitrogen and oxygen atoms in total. The average Bonchev–Trinajstić information content (AvgIpc) is 2.70. The molecule has 0 aliphatic rings. The second-order valence-corrected chi connectivity index (χ2v) is 3.67. The summed E-state index contributed by atoms with van der Waals surface area (Å²) in [5.41, 5.74) is 1.42. The maximum Gasteiger partial charge on any atom is 0.147 e. The van der Waals surface area contributed by atoms with Crippen LogP contribution in [0.2, 0.25) is 0 Å². The number of hydrogen-bond acceptors (Lipinski definition) is 1. The Balaban J connectivity index is 2.59. The van der Waals surface area contributed by atoms with E-state index < -0.39 is 0 Å². The van der Waals surface area contributed by atoms with Crippen molar-refractivity contribution in [2.45, 2.75) is 0 Å². The molecule has 0 amide bonds. The second-order valence-electron chi connectivity index (χ2n) is 3.67. The Hall–Kier alpha value is -2.03. The van der Waals surface area contributed by atoms with Crippen LogP contribution in [0.5, 0.6) is 5.75 Å². The second kappa shape index (κ2) is 3.23. The molecule has 1 N–H and O–H groups in total. The van der Waals surface area contributed by atoms with E-state index in [2.05, 4.69) is 4.98 Å². The van der Waals surface area contributed by atoms with E-state index >= 15 is 0 Å².